The molecule has 350 valence electrons. The zero-order valence-electron chi connectivity index (χ0n) is 33.8. The fraction of sp³-hybridized carbons (Fsp3) is 0.733. The Hall–Kier alpha value is -2.95. The van der Waals surface area contributed by atoms with Crippen molar-refractivity contribution in [2.45, 2.75) is 104 Å². The summed E-state index contributed by atoms with van der Waals surface area (Å²) in [5, 5.41) is 164. The third-order valence-corrected chi connectivity index (χ3v) is 3.98. The second-order valence-electron chi connectivity index (χ2n) is 9.97. The van der Waals surface area contributed by atoms with Crippen LogP contribution in [0.2, 0.25) is 0 Å². The molecule has 0 aromatic rings. The maximum absolute atomic E-state index is 9.34. The first-order chi connectivity index (χ1) is 26.0. The van der Waals surface area contributed by atoms with E-state index in [0.29, 0.717) is 19.6 Å². The van der Waals surface area contributed by atoms with E-state index < -0.39 is 96.6 Å². The van der Waals surface area contributed by atoms with Gasteiger partial charge in [-0.05, 0) is 55.4 Å². The van der Waals surface area contributed by atoms with Gasteiger partial charge in [0.15, 0.2) is 0 Å². The summed E-state index contributed by atoms with van der Waals surface area (Å²) in [6.45, 7) is 10.8. The Morgan fingerprint density at radius 3 is 0.417 bits per heavy atom. The molecule has 8 unspecified atom stereocenters. The summed E-state index contributed by atoms with van der Waals surface area (Å²) in [5.74, 6) is -11.5. The van der Waals surface area contributed by atoms with Crippen molar-refractivity contribution in [2.24, 2.45) is 0 Å². The molecule has 0 spiro atoms. The Bertz CT molecular complexity index is 826. The number of hydrogen-bond donors (Lipinski definition) is 11. The van der Waals surface area contributed by atoms with Crippen LogP contribution in [0, 0.1) is 0 Å². The average molecular weight is 1040 g/mol. The van der Waals surface area contributed by atoms with Gasteiger partial charge in [-0.1, -0.05) is 0 Å². The van der Waals surface area contributed by atoms with Crippen molar-refractivity contribution in [1.82, 2.24) is 4.90 Å². The summed E-state index contributed by atoms with van der Waals surface area (Å²) in [6.07, 6.45) is -10.7. The number of carbonyl (C=O) groups excluding carboxylic acids is 8. The molecule has 30 heteroatoms. The first-order valence-corrected chi connectivity index (χ1v) is 15.7. The summed E-state index contributed by atoms with van der Waals surface area (Å²) in [4.78, 5) is 76.5. The van der Waals surface area contributed by atoms with E-state index >= 15 is 0 Å². The van der Waals surface area contributed by atoms with E-state index in [4.69, 9.17) is 56.2 Å². The van der Waals surface area contributed by atoms with Gasteiger partial charge in [-0.3, -0.25) is 4.90 Å². The van der Waals surface area contributed by atoms with Crippen LogP contribution >= 0.6 is 0 Å². The molecule has 0 saturated carbocycles. The van der Waals surface area contributed by atoms with Crippen molar-refractivity contribution in [3.8, 4) is 0 Å². The smallest absolute Gasteiger partial charge is 0.547 e. The Morgan fingerprint density at radius 2 is 0.383 bits per heavy atom. The fourth-order valence-electron chi connectivity index (χ4n) is 0.760. The number of hydrogen-bond acceptors (Lipinski definition) is 28. The number of carboxylic acid groups (broad SMARTS) is 8. The third kappa shape index (κ3) is 111. The summed E-state index contributed by atoms with van der Waals surface area (Å²) >= 11 is 0. The molecule has 0 heterocycles. The molecule has 0 aliphatic rings. The molecule has 0 aromatic heterocycles. The first kappa shape index (κ1) is 84.5. The monoisotopic (exact) mass is 1040 g/mol. The van der Waals surface area contributed by atoms with Crippen LogP contribution in [0.1, 0.15) is 55.4 Å². The predicted octanol–water partition coefficient (Wildman–Crippen LogP) is -16.8. The van der Waals surface area contributed by atoms with Gasteiger partial charge >= 0.3 is 52.4 Å². The van der Waals surface area contributed by atoms with Gasteiger partial charge in [0.2, 0.25) is 0 Å². The van der Waals surface area contributed by atoms with Crippen LogP contribution in [-0.2, 0) is 90.8 Å². The topological polar surface area (TPSA) is 547 Å². The molecular formula is C30H55NO27Zr2. The van der Waals surface area contributed by atoms with Crippen molar-refractivity contribution in [3.05, 3.63) is 0 Å². The van der Waals surface area contributed by atoms with Crippen LogP contribution in [0.3, 0.4) is 0 Å². The standard InChI is InChI=1S/C6H15NO3.8C3H6O3.2Zr/c8-4-1-7(2-5-9)3-6-10;8*1-2(4)3(5)6;;/h8-10H,1-6H2;8*2,4H,1H3,(H,5,6);;/q;;;;;;;;;2*+4/p-8. The van der Waals surface area contributed by atoms with E-state index in [0.717, 1.165) is 55.4 Å². The molecule has 0 amide bonds. The van der Waals surface area contributed by atoms with Gasteiger partial charge in [-0.15, -0.1) is 0 Å². The van der Waals surface area contributed by atoms with Gasteiger partial charge < -0.3 is 135 Å². The molecule has 0 rings (SSSR count). The number of carboxylic acids is 8. The number of nitrogens with zero attached hydrogens (tertiary/aromatic N) is 1. The van der Waals surface area contributed by atoms with E-state index in [1.165, 1.54) is 0 Å². The van der Waals surface area contributed by atoms with E-state index in [9.17, 15) is 79.2 Å². The van der Waals surface area contributed by atoms with Crippen molar-refractivity contribution in [3.63, 3.8) is 0 Å². The van der Waals surface area contributed by atoms with Crippen LogP contribution in [0.5, 0.6) is 0 Å². The van der Waals surface area contributed by atoms with E-state index in [2.05, 4.69) is 0 Å². The molecule has 0 bridgehead atoms. The minimum Gasteiger partial charge on any atom is -0.547 e. The summed E-state index contributed by atoms with van der Waals surface area (Å²) < 4.78 is 0. The maximum atomic E-state index is 9.34. The summed E-state index contributed by atoms with van der Waals surface area (Å²) in [7, 11) is 0. The minimum absolute atomic E-state index is 0. The molecule has 0 saturated heterocycles. The molecule has 0 aromatic carbocycles. The Balaban J connectivity index is -0.0000000501. The quantitative estimate of drug-likeness (QED) is 0.0769. The van der Waals surface area contributed by atoms with Crippen molar-refractivity contribution in [2.75, 3.05) is 39.5 Å². The van der Waals surface area contributed by atoms with E-state index in [1.54, 1.807) is 4.90 Å². The second kappa shape index (κ2) is 58.1. The number of aliphatic hydroxyl groups excluding tert-OH is 11. The second-order valence-corrected chi connectivity index (χ2v) is 9.97. The first-order valence-electron chi connectivity index (χ1n) is 15.7. The van der Waals surface area contributed by atoms with Crippen molar-refractivity contribution in [1.29, 1.82) is 0 Å². The zero-order valence-corrected chi connectivity index (χ0v) is 38.7. The molecule has 0 aliphatic heterocycles. The number of aliphatic hydroxyl groups is 11. The average Bonchev–Trinajstić information content (AvgIpc) is 3.07. The van der Waals surface area contributed by atoms with E-state index in [1.807, 2.05) is 0 Å². The third-order valence-electron chi connectivity index (χ3n) is 3.98. The minimum atomic E-state index is -1.44. The number of carbonyl (C=O) groups is 8. The fourth-order valence-corrected chi connectivity index (χ4v) is 0.760. The molecule has 0 aliphatic carbocycles. The van der Waals surface area contributed by atoms with Crippen LogP contribution < -0.4 is 40.9 Å². The van der Waals surface area contributed by atoms with Gasteiger partial charge in [-0.2, -0.15) is 0 Å². The molecule has 11 N–H and O–H groups in total. The Morgan fingerprint density at radius 1 is 0.317 bits per heavy atom. The largest absolute Gasteiger partial charge is 4.00 e. The van der Waals surface area contributed by atoms with Gasteiger partial charge in [0, 0.05) is 19.6 Å². The summed E-state index contributed by atoms with van der Waals surface area (Å²) in [6, 6.07) is 0. The van der Waals surface area contributed by atoms with Gasteiger partial charge in [0.05, 0.1) is 116 Å². The van der Waals surface area contributed by atoms with Crippen LogP contribution in [-0.4, -0.2) is 197 Å². The molecule has 60 heavy (non-hydrogen) atoms. The van der Waals surface area contributed by atoms with Crippen LogP contribution in [0.15, 0.2) is 0 Å². The number of rotatable bonds is 14. The Kier molecular flexibility index (Phi) is 81.9. The molecular weight excluding hydrogens is 989 g/mol. The summed E-state index contributed by atoms with van der Waals surface area (Å²) in [5.41, 5.74) is 0. The molecule has 0 radical (unpaired) electrons. The maximum Gasteiger partial charge on any atom is 4.00 e. The van der Waals surface area contributed by atoms with Gasteiger partial charge in [0.1, 0.15) is 0 Å². The van der Waals surface area contributed by atoms with Crippen LogP contribution in [0.4, 0.5) is 0 Å². The predicted molar refractivity (Wildman–Crippen MR) is 171 cm³/mol. The molecule has 28 nitrogen and oxygen atoms in total. The van der Waals surface area contributed by atoms with Crippen molar-refractivity contribution >= 4 is 47.8 Å². The number of aliphatic carboxylic acids is 8. The SMILES string of the molecule is CC(O)C(=O)[O-].CC(O)C(=O)[O-].CC(O)C(=O)[O-].CC(O)C(=O)[O-].CC(O)C(=O)[O-].CC(O)C(=O)[O-].CC(O)C(=O)[O-].CC(O)C(=O)[O-].OCCN(CCO)CCO.[Zr+4].[Zr+4]. The van der Waals surface area contributed by atoms with E-state index in [-0.39, 0.29) is 72.2 Å². The Labute approximate surface area is 382 Å². The van der Waals surface area contributed by atoms with Gasteiger partial charge in [-0.25, -0.2) is 0 Å². The molecule has 0 fully saturated rings. The molecule has 8 atom stereocenters. The normalized spacial score (nSPS) is 12.7. The van der Waals surface area contributed by atoms with Crippen molar-refractivity contribution < 1.29 is 188 Å². The zero-order chi connectivity index (χ0) is 49.1. The van der Waals surface area contributed by atoms with Gasteiger partial charge in [0.25, 0.3) is 0 Å². The van der Waals surface area contributed by atoms with Crippen LogP contribution in [0.25, 0.3) is 0 Å².